The van der Waals surface area contributed by atoms with Gasteiger partial charge >= 0.3 is 6.18 Å². The van der Waals surface area contributed by atoms with Gasteiger partial charge in [-0.2, -0.15) is 13.2 Å². The molecule has 2 nitrogen and oxygen atoms in total. The van der Waals surface area contributed by atoms with Crippen molar-refractivity contribution in [2.75, 3.05) is 0 Å². The number of rotatable bonds is 2. The molecule has 0 spiro atoms. The Hall–Kier alpha value is -0.810. The van der Waals surface area contributed by atoms with Gasteiger partial charge in [-0.3, -0.25) is 0 Å². The molecular formula is C9H9ClF3NO. The van der Waals surface area contributed by atoms with E-state index in [0.29, 0.717) is 6.42 Å². The van der Waals surface area contributed by atoms with Crippen LogP contribution in [0.3, 0.4) is 0 Å². The van der Waals surface area contributed by atoms with Crippen molar-refractivity contribution in [3.05, 3.63) is 28.5 Å². The maximum absolute atomic E-state index is 12.2. The van der Waals surface area contributed by atoms with Crippen molar-refractivity contribution >= 4 is 11.6 Å². The van der Waals surface area contributed by atoms with E-state index >= 15 is 0 Å². The molecule has 0 aliphatic rings. The number of pyridine rings is 1. The second-order valence-electron chi connectivity index (χ2n) is 3.00. The monoisotopic (exact) mass is 239 g/mol. The molecule has 1 unspecified atom stereocenters. The van der Waals surface area contributed by atoms with E-state index in [2.05, 4.69) is 4.98 Å². The van der Waals surface area contributed by atoms with Crippen molar-refractivity contribution in [2.45, 2.75) is 25.6 Å². The Bertz CT molecular complexity index is 354. The van der Waals surface area contributed by atoms with Gasteiger partial charge in [0.15, 0.2) is 0 Å². The molecule has 1 heterocycles. The fraction of sp³-hybridized carbons (Fsp3) is 0.444. The standard InChI is InChI=1S/C9H9ClF3NO/c1-2-6(15)5-3-4-7(9(11,12)13)14-8(5)10/h3-4,6,15H,2H2,1H3. The molecule has 1 aromatic heterocycles. The third-order valence-corrected chi connectivity index (χ3v) is 2.22. The number of aliphatic hydroxyl groups is 1. The van der Waals surface area contributed by atoms with Gasteiger partial charge < -0.3 is 5.11 Å². The third kappa shape index (κ3) is 2.82. The minimum atomic E-state index is -4.51. The first-order chi connectivity index (χ1) is 6.86. The van der Waals surface area contributed by atoms with Crippen LogP contribution in [0.4, 0.5) is 13.2 Å². The zero-order valence-corrected chi connectivity index (χ0v) is 8.60. The van der Waals surface area contributed by atoms with Gasteiger partial charge in [0.1, 0.15) is 10.8 Å². The summed E-state index contributed by atoms with van der Waals surface area (Å²) in [5.41, 5.74) is -0.841. The summed E-state index contributed by atoms with van der Waals surface area (Å²) in [7, 11) is 0. The van der Waals surface area contributed by atoms with Gasteiger partial charge in [0.05, 0.1) is 6.10 Å². The molecule has 84 valence electrons. The summed E-state index contributed by atoms with van der Waals surface area (Å²) < 4.78 is 36.6. The molecule has 1 rings (SSSR count). The molecule has 0 amide bonds. The van der Waals surface area contributed by atoms with Crippen molar-refractivity contribution in [1.82, 2.24) is 4.98 Å². The van der Waals surface area contributed by atoms with Crippen LogP contribution in [0.2, 0.25) is 5.15 Å². The Morgan fingerprint density at radius 3 is 2.47 bits per heavy atom. The first kappa shape index (κ1) is 12.3. The Morgan fingerprint density at radius 2 is 2.07 bits per heavy atom. The number of alkyl halides is 3. The molecule has 15 heavy (non-hydrogen) atoms. The second-order valence-corrected chi connectivity index (χ2v) is 3.36. The van der Waals surface area contributed by atoms with E-state index in [1.165, 1.54) is 0 Å². The summed E-state index contributed by atoms with van der Waals surface area (Å²) in [6.07, 6.45) is -5.03. The van der Waals surface area contributed by atoms with E-state index in [0.717, 1.165) is 12.1 Å². The Labute approximate surface area is 89.7 Å². The molecule has 1 aromatic rings. The van der Waals surface area contributed by atoms with Gasteiger partial charge in [-0.15, -0.1) is 0 Å². The zero-order chi connectivity index (χ0) is 11.6. The summed E-state index contributed by atoms with van der Waals surface area (Å²) >= 11 is 5.54. The van der Waals surface area contributed by atoms with Gasteiger partial charge in [-0.1, -0.05) is 24.6 Å². The molecule has 6 heteroatoms. The van der Waals surface area contributed by atoms with Crippen LogP contribution in [0.25, 0.3) is 0 Å². The maximum atomic E-state index is 12.2. The van der Waals surface area contributed by atoms with Gasteiger partial charge in [-0.05, 0) is 12.5 Å². The van der Waals surface area contributed by atoms with E-state index < -0.39 is 18.0 Å². The van der Waals surface area contributed by atoms with Crippen molar-refractivity contribution in [3.8, 4) is 0 Å². The van der Waals surface area contributed by atoms with Crippen LogP contribution in [0.5, 0.6) is 0 Å². The predicted octanol–water partition coefficient (Wildman–Crippen LogP) is 3.20. The fourth-order valence-corrected chi connectivity index (χ4v) is 1.35. The third-order valence-electron chi connectivity index (χ3n) is 1.91. The van der Waals surface area contributed by atoms with Crippen molar-refractivity contribution in [1.29, 1.82) is 0 Å². The minimum Gasteiger partial charge on any atom is -0.388 e. The summed E-state index contributed by atoms with van der Waals surface area (Å²) in [5.74, 6) is 0. The minimum absolute atomic E-state index is 0.215. The van der Waals surface area contributed by atoms with Crippen LogP contribution in [0, 0.1) is 0 Å². The first-order valence-electron chi connectivity index (χ1n) is 4.28. The van der Waals surface area contributed by atoms with E-state index in [9.17, 15) is 18.3 Å². The van der Waals surface area contributed by atoms with Gasteiger partial charge in [0, 0.05) is 5.56 Å². The highest BCUT2D eigenvalue weighted by Crippen LogP contribution is 2.31. The summed E-state index contributed by atoms with van der Waals surface area (Å²) in [4.78, 5) is 3.19. The van der Waals surface area contributed by atoms with Crippen LogP contribution >= 0.6 is 11.6 Å². The smallest absolute Gasteiger partial charge is 0.388 e. The number of nitrogens with zero attached hydrogens (tertiary/aromatic N) is 1. The molecule has 0 aliphatic carbocycles. The van der Waals surface area contributed by atoms with Gasteiger partial charge in [0.25, 0.3) is 0 Å². The highest BCUT2D eigenvalue weighted by Gasteiger charge is 2.33. The van der Waals surface area contributed by atoms with Crippen molar-refractivity contribution in [3.63, 3.8) is 0 Å². The molecule has 0 saturated heterocycles. The number of aromatic nitrogens is 1. The van der Waals surface area contributed by atoms with Gasteiger partial charge in [-0.25, -0.2) is 4.98 Å². The van der Waals surface area contributed by atoms with Crippen LogP contribution in [-0.4, -0.2) is 10.1 Å². The Morgan fingerprint density at radius 1 is 1.47 bits per heavy atom. The van der Waals surface area contributed by atoms with Crippen LogP contribution in [-0.2, 0) is 6.18 Å². The lowest BCUT2D eigenvalue weighted by molar-refractivity contribution is -0.141. The average molecular weight is 240 g/mol. The normalized spacial score (nSPS) is 14.0. The highest BCUT2D eigenvalue weighted by atomic mass is 35.5. The number of halogens is 4. The van der Waals surface area contributed by atoms with E-state index in [1.807, 2.05) is 0 Å². The first-order valence-corrected chi connectivity index (χ1v) is 4.65. The molecule has 0 aromatic carbocycles. The van der Waals surface area contributed by atoms with E-state index in [1.54, 1.807) is 6.92 Å². The highest BCUT2D eigenvalue weighted by molar-refractivity contribution is 6.30. The van der Waals surface area contributed by atoms with Crippen molar-refractivity contribution in [2.24, 2.45) is 0 Å². The molecule has 0 fully saturated rings. The summed E-state index contributed by atoms with van der Waals surface area (Å²) in [6.45, 7) is 1.69. The van der Waals surface area contributed by atoms with Gasteiger partial charge in [0.2, 0.25) is 0 Å². The van der Waals surface area contributed by atoms with Crippen LogP contribution in [0.15, 0.2) is 12.1 Å². The maximum Gasteiger partial charge on any atom is 0.433 e. The summed E-state index contributed by atoms with van der Waals surface area (Å²) in [5, 5.41) is 9.09. The lowest BCUT2D eigenvalue weighted by Crippen LogP contribution is -2.09. The Balaban J connectivity index is 3.09. The van der Waals surface area contributed by atoms with Crippen LogP contribution in [0.1, 0.15) is 30.7 Å². The second kappa shape index (κ2) is 4.37. The predicted molar refractivity (Wildman–Crippen MR) is 49.5 cm³/mol. The number of hydrogen-bond acceptors (Lipinski definition) is 2. The molecule has 0 saturated carbocycles. The Kier molecular flexibility index (Phi) is 3.57. The van der Waals surface area contributed by atoms with E-state index in [-0.39, 0.29) is 10.7 Å². The molecular weight excluding hydrogens is 231 g/mol. The van der Waals surface area contributed by atoms with Crippen LogP contribution < -0.4 is 0 Å². The molecule has 1 atom stereocenters. The SMILES string of the molecule is CCC(O)c1ccc(C(F)(F)F)nc1Cl. The quantitative estimate of drug-likeness (QED) is 0.804. The van der Waals surface area contributed by atoms with E-state index in [4.69, 9.17) is 11.6 Å². The summed E-state index contributed by atoms with van der Waals surface area (Å²) in [6, 6.07) is 1.95. The topological polar surface area (TPSA) is 33.1 Å². The molecule has 0 bridgehead atoms. The molecule has 1 N–H and O–H groups in total. The lowest BCUT2D eigenvalue weighted by atomic mass is 10.1. The lowest BCUT2D eigenvalue weighted by Gasteiger charge is -2.12. The van der Waals surface area contributed by atoms with Crippen molar-refractivity contribution < 1.29 is 18.3 Å². The number of aliphatic hydroxyl groups excluding tert-OH is 1. The largest absolute Gasteiger partial charge is 0.433 e. The fourth-order valence-electron chi connectivity index (χ4n) is 1.07. The zero-order valence-electron chi connectivity index (χ0n) is 7.85. The molecule has 0 radical (unpaired) electrons. The molecule has 0 aliphatic heterocycles. The number of hydrogen-bond donors (Lipinski definition) is 1. The average Bonchev–Trinajstić information content (AvgIpc) is 2.15.